The Hall–Kier alpha value is -4.17. The van der Waals surface area contributed by atoms with Crippen molar-refractivity contribution in [1.82, 2.24) is 5.32 Å². The molecule has 35 heavy (non-hydrogen) atoms. The number of hydrogen-bond donors (Lipinski definition) is 1. The zero-order valence-corrected chi connectivity index (χ0v) is 20.1. The Morgan fingerprint density at radius 1 is 0.943 bits per heavy atom. The highest BCUT2D eigenvalue weighted by Crippen LogP contribution is 2.30. The number of hydrogen-bond acceptors (Lipinski definition) is 6. The van der Waals surface area contributed by atoms with E-state index >= 15 is 0 Å². The first-order valence-corrected chi connectivity index (χ1v) is 11.5. The highest BCUT2D eigenvalue weighted by Gasteiger charge is 2.34. The van der Waals surface area contributed by atoms with Gasteiger partial charge >= 0.3 is 0 Å². The fourth-order valence-electron chi connectivity index (χ4n) is 3.45. The van der Waals surface area contributed by atoms with Crippen molar-refractivity contribution in [3.05, 3.63) is 83.9 Å². The Morgan fingerprint density at radius 3 is 2.34 bits per heavy atom. The van der Waals surface area contributed by atoms with Crippen LogP contribution in [0.2, 0.25) is 0 Å². The van der Waals surface area contributed by atoms with Crippen LogP contribution >= 0.6 is 12.2 Å². The standard InChI is InChI=1S/C27H24N2O5S/c1-3-15-33-23-14-9-18(17-24(23)32-2)16-22-25(30)28-27(35)29(26(22)31)19-10-12-21(13-11-19)34-20-7-5-4-6-8-20/h4-14,16-17H,3,15H2,1-2H3,(H,28,30,35). The number of carbonyl (C=O) groups is 2. The van der Waals surface area contributed by atoms with Gasteiger partial charge < -0.3 is 14.2 Å². The molecule has 1 aliphatic heterocycles. The first kappa shape index (κ1) is 24.0. The summed E-state index contributed by atoms with van der Waals surface area (Å²) in [4.78, 5) is 27.2. The number of nitrogens with one attached hydrogen (secondary N) is 1. The van der Waals surface area contributed by atoms with Crippen LogP contribution in [0.3, 0.4) is 0 Å². The number of amides is 2. The fraction of sp³-hybridized carbons (Fsp3) is 0.148. The van der Waals surface area contributed by atoms with Gasteiger partial charge in [-0.1, -0.05) is 31.2 Å². The molecule has 178 valence electrons. The van der Waals surface area contributed by atoms with Crippen LogP contribution in [0, 0.1) is 0 Å². The van der Waals surface area contributed by atoms with Crippen molar-refractivity contribution in [1.29, 1.82) is 0 Å². The van der Waals surface area contributed by atoms with Crippen LogP contribution in [0.5, 0.6) is 23.0 Å². The van der Waals surface area contributed by atoms with E-state index in [-0.39, 0.29) is 10.7 Å². The van der Waals surface area contributed by atoms with Gasteiger partial charge in [0.05, 0.1) is 19.4 Å². The molecule has 7 nitrogen and oxygen atoms in total. The molecule has 1 fully saturated rings. The summed E-state index contributed by atoms with van der Waals surface area (Å²) in [5.74, 6) is 1.32. The van der Waals surface area contributed by atoms with Crippen LogP contribution in [0.4, 0.5) is 5.69 Å². The minimum Gasteiger partial charge on any atom is -0.493 e. The van der Waals surface area contributed by atoms with E-state index in [1.807, 2.05) is 37.3 Å². The molecule has 0 saturated carbocycles. The number of thiocarbonyl (C=S) groups is 1. The average molecular weight is 489 g/mol. The molecule has 8 heteroatoms. The lowest BCUT2D eigenvalue weighted by Crippen LogP contribution is -2.54. The normalized spacial score (nSPS) is 14.6. The molecule has 0 atom stereocenters. The molecule has 3 aromatic rings. The summed E-state index contributed by atoms with van der Waals surface area (Å²) in [7, 11) is 1.54. The van der Waals surface area contributed by atoms with Gasteiger partial charge in [0.25, 0.3) is 11.8 Å². The summed E-state index contributed by atoms with van der Waals surface area (Å²) in [5.41, 5.74) is 1.07. The Morgan fingerprint density at radius 2 is 1.66 bits per heavy atom. The maximum Gasteiger partial charge on any atom is 0.270 e. The van der Waals surface area contributed by atoms with Crippen LogP contribution in [0.25, 0.3) is 6.08 Å². The first-order valence-electron chi connectivity index (χ1n) is 11.1. The average Bonchev–Trinajstić information content (AvgIpc) is 2.87. The van der Waals surface area contributed by atoms with Gasteiger partial charge in [-0.05, 0) is 78.8 Å². The number of nitrogens with zero attached hydrogens (tertiary/aromatic N) is 1. The van der Waals surface area contributed by atoms with Gasteiger partial charge in [0.15, 0.2) is 16.6 Å². The molecule has 0 unspecified atom stereocenters. The zero-order chi connectivity index (χ0) is 24.8. The van der Waals surface area contributed by atoms with Gasteiger partial charge in [0.1, 0.15) is 17.1 Å². The number of methoxy groups -OCH3 is 1. The quantitative estimate of drug-likeness (QED) is 0.270. The molecule has 1 aliphatic rings. The van der Waals surface area contributed by atoms with Gasteiger partial charge in [0.2, 0.25) is 0 Å². The van der Waals surface area contributed by atoms with Crippen LogP contribution in [-0.4, -0.2) is 30.6 Å². The summed E-state index contributed by atoms with van der Waals surface area (Å²) < 4.78 is 16.9. The summed E-state index contributed by atoms with van der Waals surface area (Å²) >= 11 is 5.29. The van der Waals surface area contributed by atoms with Crippen molar-refractivity contribution in [2.75, 3.05) is 18.6 Å². The monoisotopic (exact) mass is 488 g/mol. The van der Waals surface area contributed by atoms with Crippen molar-refractivity contribution >= 4 is 40.9 Å². The summed E-state index contributed by atoms with van der Waals surface area (Å²) in [6.07, 6.45) is 2.37. The van der Waals surface area contributed by atoms with Gasteiger partial charge in [-0.25, -0.2) is 0 Å². The minimum atomic E-state index is -0.564. The highest BCUT2D eigenvalue weighted by atomic mass is 32.1. The number of ether oxygens (including phenoxy) is 3. The lowest BCUT2D eigenvalue weighted by molar-refractivity contribution is -0.122. The van der Waals surface area contributed by atoms with Gasteiger partial charge in [-0.3, -0.25) is 19.8 Å². The van der Waals surface area contributed by atoms with Gasteiger partial charge in [0, 0.05) is 0 Å². The molecule has 0 spiro atoms. The maximum atomic E-state index is 13.3. The molecule has 0 radical (unpaired) electrons. The third-order valence-electron chi connectivity index (χ3n) is 5.14. The van der Waals surface area contributed by atoms with Crippen molar-refractivity contribution in [3.63, 3.8) is 0 Å². The Labute approximate surface area is 208 Å². The third-order valence-corrected chi connectivity index (χ3v) is 5.42. The number of rotatable bonds is 8. The van der Waals surface area contributed by atoms with E-state index in [0.717, 1.165) is 6.42 Å². The molecule has 4 rings (SSSR count). The van der Waals surface area contributed by atoms with E-state index in [2.05, 4.69) is 5.32 Å². The minimum absolute atomic E-state index is 0.00905. The van der Waals surface area contributed by atoms with E-state index in [4.69, 9.17) is 26.4 Å². The van der Waals surface area contributed by atoms with E-state index in [1.54, 1.807) is 42.5 Å². The number of anilines is 1. The Bertz CT molecular complexity index is 1270. The van der Waals surface area contributed by atoms with E-state index in [9.17, 15) is 9.59 Å². The van der Waals surface area contributed by atoms with E-state index < -0.39 is 11.8 Å². The summed E-state index contributed by atoms with van der Waals surface area (Å²) in [6.45, 7) is 2.57. The molecule has 2 amide bonds. The van der Waals surface area contributed by atoms with Crippen LogP contribution in [0.15, 0.2) is 78.4 Å². The van der Waals surface area contributed by atoms with Gasteiger partial charge in [-0.2, -0.15) is 0 Å². The molecule has 0 bridgehead atoms. The molecule has 1 N–H and O–H groups in total. The first-order chi connectivity index (χ1) is 17.0. The molecular weight excluding hydrogens is 464 g/mol. The predicted octanol–water partition coefficient (Wildman–Crippen LogP) is 5.11. The number of benzene rings is 3. The van der Waals surface area contributed by atoms with Crippen molar-refractivity contribution in [3.8, 4) is 23.0 Å². The topological polar surface area (TPSA) is 77.1 Å². The SMILES string of the molecule is CCCOc1ccc(C=C2C(=O)NC(=S)N(c3ccc(Oc4ccccc4)cc3)C2=O)cc1OC. The van der Waals surface area contributed by atoms with Gasteiger partial charge in [-0.15, -0.1) is 0 Å². The number of para-hydroxylation sites is 1. The second kappa shape index (κ2) is 10.8. The van der Waals surface area contributed by atoms with Crippen molar-refractivity contribution in [2.45, 2.75) is 13.3 Å². The molecular formula is C27H24N2O5S. The zero-order valence-electron chi connectivity index (χ0n) is 19.3. The Kier molecular flexibility index (Phi) is 7.42. The lowest BCUT2D eigenvalue weighted by atomic mass is 10.1. The summed E-state index contributed by atoms with van der Waals surface area (Å²) in [5, 5.41) is 2.60. The van der Waals surface area contributed by atoms with Crippen LogP contribution in [0.1, 0.15) is 18.9 Å². The van der Waals surface area contributed by atoms with Crippen molar-refractivity contribution in [2.24, 2.45) is 0 Å². The highest BCUT2D eigenvalue weighted by molar-refractivity contribution is 7.80. The predicted molar refractivity (Wildman–Crippen MR) is 138 cm³/mol. The van der Waals surface area contributed by atoms with Crippen LogP contribution in [-0.2, 0) is 9.59 Å². The largest absolute Gasteiger partial charge is 0.493 e. The van der Waals surface area contributed by atoms with E-state index in [1.165, 1.54) is 18.1 Å². The Balaban J connectivity index is 1.58. The fourth-order valence-corrected chi connectivity index (χ4v) is 3.73. The van der Waals surface area contributed by atoms with E-state index in [0.29, 0.717) is 40.9 Å². The smallest absolute Gasteiger partial charge is 0.270 e. The molecule has 0 aromatic heterocycles. The second-order valence-electron chi connectivity index (χ2n) is 7.63. The summed E-state index contributed by atoms with van der Waals surface area (Å²) in [6, 6.07) is 21.5. The van der Waals surface area contributed by atoms with Crippen LogP contribution < -0.4 is 24.4 Å². The second-order valence-corrected chi connectivity index (χ2v) is 8.01. The molecule has 0 aliphatic carbocycles. The number of carbonyl (C=O) groups excluding carboxylic acids is 2. The molecule has 1 heterocycles. The molecule has 1 saturated heterocycles. The molecule has 3 aromatic carbocycles. The lowest BCUT2D eigenvalue weighted by Gasteiger charge is -2.29. The van der Waals surface area contributed by atoms with Crippen molar-refractivity contribution < 1.29 is 23.8 Å². The third kappa shape index (κ3) is 5.50. The maximum absolute atomic E-state index is 13.3.